The summed E-state index contributed by atoms with van der Waals surface area (Å²) < 4.78 is 41.4. The second-order valence-corrected chi connectivity index (χ2v) is 10.3. The second-order valence-electron chi connectivity index (χ2n) is 9.96. The Labute approximate surface area is 163 Å². The van der Waals surface area contributed by atoms with Crippen molar-refractivity contribution < 1.29 is 23.1 Å². The predicted octanol–water partition coefficient (Wildman–Crippen LogP) is 5.62. The SMILES string of the molecule is C[C@H]1CC2=C(Cl)C(=O)CC[C@]2(C)C2CC[C@@]3(C)C(CC[C@@]3(O)C(F)(F)F)C21. The van der Waals surface area contributed by atoms with Crippen LogP contribution < -0.4 is 0 Å². The first-order valence-electron chi connectivity index (χ1n) is 10.1. The Morgan fingerprint density at radius 1 is 1.11 bits per heavy atom. The number of ketones is 1. The number of alkyl halides is 3. The molecule has 0 spiro atoms. The first-order valence-corrected chi connectivity index (χ1v) is 10.5. The van der Waals surface area contributed by atoms with Crippen molar-refractivity contribution in [2.24, 2.45) is 34.5 Å². The summed E-state index contributed by atoms with van der Waals surface area (Å²) >= 11 is 6.41. The molecule has 0 aliphatic heterocycles. The quantitative estimate of drug-likeness (QED) is 0.568. The molecule has 3 fully saturated rings. The van der Waals surface area contributed by atoms with E-state index in [1.54, 1.807) is 6.92 Å². The number of aliphatic hydroxyl groups is 1. The molecule has 0 heterocycles. The van der Waals surface area contributed by atoms with E-state index < -0.39 is 17.2 Å². The van der Waals surface area contributed by atoms with E-state index in [9.17, 15) is 23.1 Å². The standard InChI is InChI=1S/C21H28ClF3O2/c1-11-10-14-17(22)15(26)6-7-18(14,2)12-4-8-19(3)13(16(11)12)5-9-20(19,27)21(23,24)25/h11-13,16,27H,4-10H2,1-3H3/t11-,12?,13?,16?,18+,19-,20-/m0/s1. The molecule has 0 aromatic carbocycles. The zero-order valence-electron chi connectivity index (χ0n) is 16.1. The molecular formula is C21H28ClF3O2. The monoisotopic (exact) mass is 404 g/mol. The van der Waals surface area contributed by atoms with E-state index in [0.717, 1.165) is 12.0 Å². The van der Waals surface area contributed by atoms with Gasteiger partial charge >= 0.3 is 6.18 Å². The molecule has 3 saturated carbocycles. The minimum Gasteiger partial charge on any atom is -0.380 e. The van der Waals surface area contributed by atoms with Gasteiger partial charge in [0, 0.05) is 11.8 Å². The van der Waals surface area contributed by atoms with Gasteiger partial charge in [0.15, 0.2) is 11.4 Å². The summed E-state index contributed by atoms with van der Waals surface area (Å²) in [6.07, 6.45) is -1.53. The van der Waals surface area contributed by atoms with E-state index in [1.807, 2.05) is 0 Å². The fourth-order valence-electron chi connectivity index (χ4n) is 7.46. The van der Waals surface area contributed by atoms with Crippen molar-refractivity contribution in [3.8, 4) is 0 Å². The highest BCUT2D eigenvalue weighted by Crippen LogP contribution is 2.70. The van der Waals surface area contributed by atoms with Crippen molar-refractivity contribution in [2.75, 3.05) is 0 Å². The average molecular weight is 405 g/mol. The predicted molar refractivity (Wildman–Crippen MR) is 97.1 cm³/mol. The van der Waals surface area contributed by atoms with Crippen LogP contribution in [0, 0.1) is 34.5 Å². The zero-order chi connectivity index (χ0) is 20.0. The summed E-state index contributed by atoms with van der Waals surface area (Å²) in [6.45, 7) is 5.91. The number of halogens is 4. The Morgan fingerprint density at radius 2 is 1.74 bits per heavy atom. The number of carbonyl (C=O) groups is 1. The van der Waals surface area contributed by atoms with E-state index in [-0.39, 0.29) is 41.3 Å². The zero-order valence-corrected chi connectivity index (χ0v) is 16.9. The number of rotatable bonds is 0. The molecular weight excluding hydrogens is 377 g/mol. The third-order valence-corrected chi connectivity index (χ3v) is 9.46. The Hall–Kier alpha value is -0.550. The van der Waals surface area contributed by atoms with Gasteiger partial charge in [-0.25, -0.2) is 0 Å². The van der Waals surface area contributed by atoms with Crippen molar-refractivity contribution in [3.63, 3.8) is 0 Å². The van der Waals surface area contributed by atoms with Crippen LogP contribution >= 0.6 is 11.6 Å². The molecule has 0 saturated heterocycles. The highest BCUT2D eigenvalue weighted by atomic mass is 35.5. The number of hydrogen-bond acceptors (Lipinski definition) is 2. The highest BCUT2D eigenvalue weighted by molar-refractivity contribution is 6.43. The molecule has 27 heavy (non-hydrogen) atoms. The van der Waals surface area contributed by atoms with Crippen LogP contribution in [0.1, 0.15) is 65.7 Å². The lowest BCUT2D eigenvalue weighted by Gasteiger charge is -2.61. The van der Waals surface area contributed by atoms with E-state index in [2.05, 4.69) is 13.8 Å². The van der Waals surface area contributed by atoms with Gasteiger partial charge in [0.25, 0.3) is 0 Å². The number of allylic oxidation sites excluding steroid dienone is 1. The van der Waals surface area contributed by atoms with Gasteiger partial charge in [0.2, 0.25) is 0 Å². The lowest BCUT2D eigenvalue weighted by Crippen LogP contribution is -2.61. The molecule has 7 atom stereocenters. The topological polar surface area (TPSA) is 37.3 Å². The van der Waals surface area contributed by atoms with Crippen molar-refractivity contribution in [1.82, 2.24) is 0 Å². The third-order valence-electron chi connectivity index (χ3n) is 9.03. The molecule has 4 aliphatic rings. The smallest absolute Gasteiger partial charge is 0.380 e. The van der Waals surface area contributed by atoms with Gasteiger partial charge < -0.3 is 5.11 Å². The molecule has 0 amide bonds. The van der Waals surface area contributed by atoms with Crippen molar-refractivity contribution in [1.29, 1.82) is 0 Å². The van der Waals surface area contributed by atoms with Gasteiger partial charge in [0.1, 0.15) is 0 Å². The summed E-state index contributed by atoms with van der Waals surface area (Å²) in [4.78, 5) is 12.1. The van der Waals surface area contributed by atoms with Gasteiger partial charge in [0.05, 0.1) is 5.03 Å². The molecule has 4 aliphatic carbocycles. The second kappa shape index (κ2) is 5.75. The number of hydrogen-bond donors (Lipinski definition) is 1. The summed E-state index contributed by atoms with van der Waals surface area (Å²) in [5, 5.41) is 11.1. The number of Topliss-reactive ketones (excluding diaryl/α,β-unsaturated/α-hetero) is 1. The van der Waals surface area contributed by atoms with Crippen molar-refractivity contribution in [2.45, 2.75) is 77.5 Å². The van der Waals surface area contributed by atoms with Crippen LogP contribution in [0.2, 0.25) is 0 Å². The summed E-state index contributed by atoms with van der Waals surface area (Å²) in [5.41, 5.74) is -2.90. The maximum Gasteiger partial charge on any atom is 0.417 e. The molecule has 0 aromatic rings. The van der Waals surface area contributed by atoms with Gasteiger partial charge in [-0.3, -0.25) is 4.79 Å². The lowest BCUT2D eigenvalue weighted by atomic mass is 9.44. The van der Waals surface area contributed by atoms with Crippen LogP contribution in [0.4, 0.5) is 13.2 Å². The fourth-order valence-corrected chi connectivity index (χ4v) is 7.85. The van der Waals surface area contributed by atoms with Crippen molar-refractivity contribution in [3.05, 3.63) is 10.6 Å². The van der Waals surface area contributed by atoms with E-state index in [4.69, 9.17) is 11.6 Å². The molecule has 152 valence electrons. The van der Waals surface area contributed by atoms with Gasteiger partial charge in [-0.15, -0.1) is 0 Å². The maximum atomic E-state index is 13.8. The van der Waals surface area contributed by atoms with E-state index >= 15 is 0 Å². The summed E-state index contributed by atoms with van der Waals surface area (Å²) in [5.74, 6) is 0.381. The molecule has 2 nitrogen and oxygen atoms in total. The summed E-state index contributed by atoms with van der Waals surface area (Å²) in [7, 11) is 0. The number of carbonyl (C=O) groups excluding carboxylic acids is 1. The first kappa shape index (κ1) is 19.8. The van der Waals surface area contributed by atoms with Gasteiger partial charge in [-0.2, -0.15) is 13.2 Å². The van der Waals surface area contributed by atoms with Crippen LogP contribution in [0.25, 0.3) is 0 Å². The first-order chi connectivity index (χ1) is 12.4. The molecule has 3 unspecified atom stereocenters. The molecule has 6 heteroatoms. The van der Waals surface area contributed by atoms with E-state index in [0.29, 0.717) is 37.1 Å². The van der Waals surface area contributed by atoms with Crippen LogP contribution in [-0.4, -0.2) is 22.7 Å². The van der Waals surface area contributed by atoms with E-state index in [1.165, 1.54) is 0 Å². The Balaban J connectivity index is 1.76. The fraction of sp³-hybridized carbons (Fsp3) is 0.857. The largest absolute Gasteiger partial charge is 0.417 e. The van der Waals surface area contributed by atoms with Crippen molar-refractivity contribution >= 4 is 17.4 Å². The van der Waals surface area contributed by atoms with Gasteiger partial charge in [-0.05, 0) is 73.2 Å². The minimum absolute atomic E-state index is 0.00255. The molecule has 0 radical (unpaired) electrons. The lowest BCUT2D eigenvalue weighted by molar-refractivity contribution is -0.304. The third kappa shape index (κ3) is 2.33. The Kier molecular flexibility index (Phi) is 4.20. The molecule has 0 bridgehead atoms. The van der Waals surface area contributed by atoms with Crippen LogP contribution in [0.3, 0.4) is 0 Å². The minimum atomic E-state index is -4.60. The van der Waals surface area contributed by atoms with Crippen LogP contribution in [-0.2, 0) is 4.79 Å². The maximum absolute atomic E-state index is 13.8. The average Bonchev–Trinajstić information content (AvgIpc) is 2.86. The molecule has 4 rings (SSSR count). The summed E-state index contributed by atoms with van der Waals surface area (Å²) in [6, 6.07) is 0. The normalized spacial score (nSPS) is 50.3. The highest BCUT2D eigenvalue weighted by Gasteiger charge is 2.73. The van der Waals surface area contributed by atoms with Crippen LogP contribution in [0.15, 0.2) is 10.6 Å². The van der Waals surface area contributed by atoms with Gasteiger partial charge in [-0.1, -0.05) is 32.4 Å². The molecule has 0 aromatic heterocycles. The Bertz CT molecular complexity index is 717. The Morgan fingerprint density at radius 3 is 2.37 bits per heavy atom. The number of fused-ring (bicyclic) bond motifs is 5. The van der Waals surface area contributed by atoms with Crippen LogP contribution in [0.5, 0.6) is 0 Å². The molecule has 1 N–H and O–H groups in total.